The van der Waals surface area contributed by atoms with Crippen LogP contribution in [0, 0.1) is 11.6 Å². The van der Waals surface area contributed by atoms with Gasteiger partial charge < -0.3 is 0 Å². The molecule has 0 bridgehead atoms. The average Bonchev–Trinajstić information content (AvgIpc) is 2.26. The lowest BCUT2D eigenvalue weighted by Crippen LogP contribution is -1.77. The van der Waals surface area contributed by atoms with E-state index >= 15 is 0 Å². The Morgan fingerprint density at radius 1 is 0.500 bits per heavy atom. The highest BCUT2D eigenvalue weighted by Gasteiger charge is 1.93. The van der Waals surface area contributed by atoms with Crippen LogP contribution in [0.2, 0.25) is 0 Å². The van der Waals surface area contributed by atoms with Gasteiger partial charge in [0.1, 0.15) is 0 Å². The summed E-state index contributed by atoms with van der Waals surface area (Å²) in [7, 11) is 0. The first kappa shape index (κ1) is 10.4. The van der Waals surface area contributed by atoms with Crippen molar-refractivity contribution in [3.8, 4) is 0 Å². The van der Waals surface area contributed by atoms with Gasteiger partial charge in [-0.05, 0) is 12.1 Å². The summed E-state index contributed by atoms with van der Waals surface area (Å²) in [5.41, 5.74) is 0. The van der Waals surface area contributed by atoms with Crippen LogP contribution < -0.4 is 0 Å². The lowest BCUT2D eigenvalue weighted by molar-refractivity contribution is 0.508. The molecule has 0 fully saturated rings. The highest BCUT2D eigenvalue weighted by Crippen LogP contribution is 2.01. The van der Waals surface area contributed by atoms with E-state index in [0.29, 0.717) is 0 Å². The fourth-order valence-corrected chi connectivity index (χ4v) is 0.824. The van der Waals surface area contributed by atoms with Gasteiger partial charge >= 0.3 is 0 Å². The molecule has 0 unspecified atom stereocenters. The van der Waals surface area contributed by atoms with Crippen LogP contribution >= 0.6 is 0 Å². The van der Waals surface area contributed by atoms with E-state index in [2.05, 4.69) is 0 Å². The van der Waals surface area contributed by atoms with Gasteiger partial charge in [0.15, 0.2) is 11.6 Å². The quantitative estimate of drug-likeness (QED) is 0.597. The van der Waals surface area contributed by atoms with Crippen LogP contribution in [0.1, 0.15) is 0 Å². The summed E-state index contributed by atoms with van der Waals surface area (Å²) < 4.78 is 23.9. The first-order valence-corrected chi connectivity index (χ1v) is 4.21. The zero-order chi connectivity index (χ0) is 10.2. The van der Waals surface area contributed by atoms with E-state index in [9.17, 15) is 8.78 Å². The molecule has 0 saturated carbocycles. The third-order valence-electron chi connectivity index (χ3n) is 1.49. The topological polar surface area (TPSA) is 0 Å². The molecule has 0 amide bonds. The maximum absolute atomic E-state index is 11.9. The highest BCUT2D eigenvalue weighted by molar-refractivity contribution is 5.05. The summed E-state index contributed by atoms with van der Waals surface area (Å²) in [4.78, 5) is 0. The minimum Gasteiger partial charge on any atom is -0.204 e. The molecule has 0 aliphatic heterocycles. The number of hydrogen-bond acceptors (Lipinski definition) is 0. The molecule has 0 spiro atoms. The van der Waals surface area contributed by atoms with E-state index in [-0.39, 0.29) is 0 Å². The summed E-state index contributed by atoms with van der Waals surface area (Å²) in [6.07, 6.45) is 0. The molecule has 0 aromatic heterocycles. The second kappa shape index (κ2) is 5.86. The predicted octanol–water partition coefficient (Wildman–Crippen LogP) is 3.65. The summed E-state index contributed by atoms with van der Waals surface area (Å²) in [6.45, 7) is 0. The molecular weight excluding hydrogens is 182 g/mol. The van der Waals surface area contributed by atoms with E-state index in [1.807, 2.05) is 36.4 Å². The van der Waals surface area contributed by atoms with Crippen LogP contribution in [0.15, 0.2) is 60.7 Å². The Bertz CT molecular complexity index is 310. The maximum atomic E-state index is 11.9. The molecule has 0 N–H and O–H groups in total. The molecular formula is C12H10F2. The number of rotatable bonds is 0. The van der Waals surface area contributed by atoms with Gasteiger partial charge in [0.05, 0.1) is 0 Å². The molecule has 0 saturated heterocycles. The minimum atomic E-state index is -0.799. The monoisotopic (exact) mass is 192 g/mol. The lowest BCUT2D eigenvalue weighted by atomic mass is 10.3. The summed E-state index contributed by atoms with van der Waals surface area (Å²) in [5.74, 6) is -1.60. The van der Waals surface area contributed by atoms with Gasteiger partial charge in [-0.1, -0.05) is 48.5 Å². The van der Waals surface area contributed by atoms with Gasteiger partial charge in [-0.3, -0.25) is 0 Å². The fraction of sp³-hybridized carbons (Fsp3) is 0. The average molecular weight is 192 g/mol. The second-order valence-corrected chi connectivity index (χ2v) is 2.57. The Kier molecular flexibility index (Phi) is 4.35. The summed E-state index contributed by atoms with van der Waals surface area (Å²) in [6, 6.07) is 17.0. The first-order chi connectivity index (χ1) is 6.80. The van der Waals surface area contributed by atoms with Crippen LogP contribution in [0.4, 0.5) is 8.78 Å². The Morgan fingerprint density at radius 3 is 1.00 bits per heavy atom. The van der Waals surface area contributed by atoms with Gasteiger partial charge in [-0.25, -0.2) is 8.78 Å². The van der Waals surface area contributed by atoms with Crippen molar-refractivity contribution in [1.29, 1.82) is 0 Å². The van der Waals surface area contributed by atoms with E-state index < -0.39 is 11.6 Å². The van der Waals surface area contributed by atoms with Crippen molar-refractivity contribution in [3.05, 3.63) is 72.3 Å². The molecule has 2 aromatic rings. The van der Waals surface area contributed by atoms with Crippen LogP contribution in [0.25, 0.3) is 0 Å². The van der Waals surface area contributed by atoms with E-state index in [0.717, 1.165) is 12.1 Å². The fourth-order valence-electron chi connectivity index (χ4n) is 0.824. The third-order valence-corrected chi connectivity index (χ3v) is 1.49. The van der Waals surface area contributed by atoms with Crippen molar-refractivity contribution in [2.45, 2.75) is 0 Å². The number of hydrogen-bond donors (Lipinski definition) is 0. The summed E-state index contributed by atoms with van der Waals surface area (Å²) >= 11 is 0. The van der Waals surface area contributed by atoms with Crippen molar-refractivity contribution in [2.75, 3.05) is 0 Å². The zero-order valence-electron chi connectivity index (χ0n) is 7.53. The van der Waals surface area contributed by atoms with Crippen LogP contribution in [0.5, 0.6) is 0 Å². The Hall–Kier alpha value is -1.70. The van der Waals surface area contributed by atoms with E-state index in [1.165, 1.54) is 12.1 Å². The zero-order valence-corrected chi connectivity index (χ0v) is 7.53. The largest absolute Gasteiger partial charge is 0.204 e. The molecule has 2 aromatic carbocycles. The first-order valence-electron chi connectivity index (χ1n) is 4.21. The van der Waals surface area contributed by atoms with Crippen molar-refractivity contribution >= 4 is 0 Å². The normalized spacial score (nSPS) is 8.71. The maximum Gasteiger partial charge on any atom is 0.158 e. The Balaban J connectivity index is 0.000000146. The van der Waals surface area contributed by atoms with Gasteiger partial charge in [0.25, 0.3) is 0 Å². The van der Waals surface area contributed by atoms with Gasteiger partial charge in [-0.2, -0.15) is 0 Å². The van der Waals surface area contributed by atoms with Crippen molar-refractivity contribution in [3.63, 3.8) is 0 Å². The molecule has 0 atom stereocenters. The SMILES string of the molecule is Fc1ccccc1F.c1ccccc1. The summed E-state index contributed by atoms with van der Waals surface area (Å²) in [5, 5.41) is 0. The Morgan fingerprint density at radius 2 is 0.786 bits per heavy atom. The molecule has 2 heteroatoms. The second-order valence-electron chi connectivity index (χ2n) is 2.57. The molecule has 0 radical (unpaired) electrons. The number of benzene rings is 2. The minimum absolute atomic E-state index is 0.799. The highest BCUT2D eigenvalue weighted by atomic mass is 19.2. The Labute approximate surface area is 81.8 Å². The lowest BCUT2D eigenvalue weighted by Gasteiger charge is -1.85. The van der Waals surface area contributed by atoms with Gasteiger partial charge in [0, 0.05) is 0 Å². The number of halogens is 2. The van der Waals surface area contributed by atoms with Crippen molar-refractivity contribution in [1.82, 2.24) is 0 Å². The molecule has 0 nitrogen and oxygen atoms in total. The van der Waals surface area contributed by atoms with Crippen LogP contribution in [-0.2, 0) is 0 Å². The molecule has 0 heterocycles. The molecule has 0 aliphatic carbocycles. The standard InChI is InChI=1S/C6H4F2.C6H6/c7-5-3-1-2-4-6(5)8;1-2-4-6-5-3-1/h1-4H;1-6H. The van der Waals surface area contributed by atoms with Gasteiger partial charge in [-0.15, -0.1) is 0 Å². The van der Waals surface area contributed by atoms with Crippen molar-refractivity contribution < 1.29 is 8.78 Å². The predicted molar refractivity (Wildman–Crippen MR) is 52.8 cm³/mol. The van der Waals surface area contributed by atoms with E-state index in [1.54, 1.807) is 0 Å². The molecule has 2 rings (SSSR count). The third kappa shape index (κ3) is 3.81. The molecule has 72 valence electrons. The molecule has 0 aliphatic rings. The van der Waals surface area contributed by atoms with Crippen molar-refractivity contribution in [2.24, 2.45) is 0 Å². The van der Waals surface area contributed by atoms with Crippen LogP contribution in [-0.4, -0.2) is 0 Å². The van der Waals surface area contributed by atoms with Crippen LogP contribution in [0.3, 0.4) is 0 Å². The van der Waals surface area contributed by atoms with Gasteiger partial charge in [0.2, 0.25) is 0 Å². The smallest absolute Gasteiger partial charge is 0.158 e. The van der Waals surface area contributed by atoms with E-state index in [4.69, 9.17) is 0 Å². The molecule has 14 heavy (non-hydrogen) atoms.